The number of amides is 1. The summed E-state index contributed by atoms with van der Waals surface area (Å²) in [5.41, 5.74) is 3.54. The molecule has 2 aromatic rings. The molecule has 1 heterocycles. The van der Waals surface area contributed by atoms with Gasteiger partial charge >= 0.3 is 0 Å². The molecular weight excluding hydrogens is 340 g/mol. The molecule has 0 bridgehead atoms. The molecule has 1 aliphatic heterocycles. The van der Waals surface area contributed by atoms with Crippen molar-refractivity contribution in [2.75, 3.05) is 10.7 Å². The molecule has 3 rings (SSSR count). The summed E-state index contributed by atoms with van der Waals surface area (Å²) in [5, 5.41) is 1.19. The maximum absolute atomic E-state index is 13.2. The molecule has 0 N–H and O–H groups in total. The summed E-state index contributed by atoms with van der Waals surface area (Å²) in [6.07, 6.45) is 0. The van der Waals surface area contributed by atoms with Crippen molar-refractivity contribution in [3.63, 3.8) is 0 Å². The number of halogens is 1. The summed E-state index contributed by atoms with van der Waals surface area (Å²) in [5.74, 6) is 0.736. The van der Waals surface area contributed by atoms with Crippen molar-refractivity contribution in [2.45, 2.75) is 26.8 Å². The molecule has 0 unspecified atom stereocenters. The van der Waals surface area contributed by atoms with Gasteiger partial charge in [0.2, 0.25) is 0 Å². The van der Waals surface area contributed by atoms with Crippen LogP contribution in [0.2, 0.25) is 5.02 Å². The number of carbonyl (C=O) groups excluding carboxylic acids is 1. The lowest BCUT2D eigenvalue weighted by Crippen LogP contribution is -2.35. The average Bonchev–Trinajstić information content (AvgIpc) is 2.96. The lowest BCUT2D eigenvalue weighted by molar-refractivity contribution is 0.100. The largest absolute Gasteiger partial charge is 0.268 e. The van der Waals surface area contributed by atoms with Crippen LogP contribution in [-0.4, -0.2) is 22.9 Å². The van der Waals surface area contributed by atoms with Crippen molar-refractivity contribution in [1.82, 2.24) is 0 Å². The second-order valence-corrected chi connectivity index (χ2v) is 7.38. The zero-order valence-electron chi connectivity index (χ0n) is 13.9. The van der Waals surface area contributed by atoms with Crippen LogP contribution in [0.4, 0.5) is 5.69 Å². The monoisotopic (exact) mass is 358 g/mol. The molecular formula is C19H19ClN2OS. The molecule has 0 aromatic heterocycles. The third-order valence-corrected chi connectivity index (χ3v) is 5.40. The van der Waals surface area contributed by atoms with E-state index in [2.05, 4.69) is 18.0 Å². The van der Waals surface area contributed by atoms with Crippen molar-refractivity contribution in [2.24, 2.45) is 4.99 Å². The highest BCUT2D eigenvalue weighted by Crippen LogP contribution is 2.31. The van der Waals surface area contributed by atoms with Gasteiger partial charge in [-0.05, 0) is 44.5 Å². The van der Waals surface area contributed by atoms with E-state index in [-0.39, 0.29) is 11.9 Å². The van der Waals surface area contributed by atoms with Gasteiger partial charge in [-0.15, -0.1) is 0 Å². The Labute approximate surface area is 151 Å². The van der Waals surface area contributed by atoms with Gasteiger partial charge in [0.1, 0.15) is 0 Å². The Kier molecular flexibility index (Phi) is 4.97. The van der Waals surface area contributed by atoms with Gasteiger partial charge in [-0.1, -0.05) is 53.2 Å². The average molecular weight is 359 g/mol. The summed E-state index contributed by atoms with van der Waals surface area (Å²) in [4.78, 5) is 19.6. The fraction of sp³-hybridized carbons (Fsp3) is 0.263. The summed E-state index contributed by atoms with van der Waals surface area (Å²) in [6.45, 7) is 6.11. The lowest BCUT2D eigenvalue weighted by Gasteiger charge is -2.24. The molecule has 0 saturated heterocycles. The second kappa shape index (κ2) is 6.99. The van der Waals surface area contributed by atoms with Crippen LogP contribution < -0.4 is 4.90 Å². The van der Waals surface area contributed by atoms with E-state index in [4.69, 9.17) is 11.6 Å². The van der Waals surface area contributed by atoms with Crippen LogP contribution >= 0.6 is 23.4 Å². The number of thioether (sulfide) groups is 1. The second-order valence-electron chi connectivity index (χ2n) is 5.98. The molecule has 2 aromatic carbocycles. The van der Waals surface area contributed by atoms with Crippen molar-refractivity contribution in [3.8, 4) is 0 Å². The van der Waals surface area contributed by atoms with E-state index in [0.29, 0.717) is 10.6 Å². The van der Waals surface area contributed by atoms with E-state index in [1.807, 2.05) is 38.1 Å². The summed E-state index contributed by atoms with van der Waals surface area (Å²) in [7, 11) is 0. The van der Waals surface area contributed by atoms with E-state index in [1.165, 1.54) is 0 Å². The third kappa shape index (κ3) is 3.35. The SMILES string of the molecule is Cc1ccc(N(C(=O)c2ccccc2Cl)C2=N[C@@H](C)CS2)c(C)c1. The Morgan fingerprint density at radius 1 is 1.25 bits per heavy atom. The number of rotatable bonds is 2. The van der Waals surface area contributed by atoms with E-state index >= 15 is 0 Å². The molecule has 1 aliphatic rings. The molecule has 124 valence electrons. The van der Waals surface area contributed by atoms with Gasteiger partial charge in [0, 0.05) is 5.75 Å². The number of aryl methyl sites for hydroxylation is 2. The van der Waals surface area contributed by atoms with Gasteiger partial charge in [0.15, 0.2) is 5.17 Å². The Hall–Kier alpha value is -1.78. The predicted octanol–water partition coefficient (Wildman–Crippen LogP) is 5.09. The molecule has 24 heavy (non-hydrogen) atoms. The van der Waals surface area contributed by atoms with E-state index in [0.717, 1.165) is 27.7 Å². The number of anilines is 1. The Bertz CT molecular complexity index is 819. The van der Waals surface area contributed by atoms with E-state index < -0.39 is 0 Å². The number of hydrogen-bond acceptors (Lipinski definition) is 3. The lowest BCUT2D eigenvalue weighted by atomic mass is 10.1. The number of benzene rings is 2. The normalized spacial score (nSPS) is 16.8. The number of amidine groups is 1. The molecule has 0 spiro atoms. The fourth-order valence-corrected chi connectivity index (χ4v) is 3.94. The van der Waals surface area contributed by atoms with Gasteiger partial charge in [0.05, 0.1) is 22.3 Å². The number of aliphatic imine (C=N–C) groups is 1. The Morgan fingerprint density at radius 2 is 2.00 bits per heavy atom. The van der Waals surface area contributed by atoms with Gasteiger partial charge in [-0.3, -0.25) is 14.7 Å². The van der Waals surface area contributed by atoms with Crippen molar-refractivity contribution in [1.29, 1.82) is 0 Å². The predicted molar refractivity (Wildman–Crippen MR) is 104 cm³/mol. The molecule has 5 heteroatoms. The minimum Gasteiger partial charge on any atom is -0.268 e. The number of hydrogen-bond donors (Lipinski definition) is 0. The molecule has 0 saturated carbocycles. The Balaban J connectivity index is 2.11. The zero-order chi connectivity index (χ0) is 17.3. The van der Waals surface area contributed by atoms with E-state index in [9.17, 15) is 4.79 Å². The molecule has 0 radical (unpaired) electrons. The highest BCUT2D eigenvalue weighted by atomic mass is 35.5. The van der Waals surface area contributed by atoms with Crippen molar-refractivity contribution < 1.29 is 4.79 Å². The molecule has 3 nitrogen and oxygen atoms in total. The van der Waals surface area contributed by atoms with Crippen LogP contribution in [0.25, 0.3) is 0 Å². The summed E-state index contributed by atoms with van der Waals surface area (Å²) in [6, 6.07) is 13.4. The minimum atomic E-state index is -0.145. The molecule has 0 fully saturated rings. The highest BCUT2D eigenvalue weighted by molar-refractivity contribution is 8.14. The molecule has 1 atom stereocenters. The maximum Gasteiger partial charge on any atom is 0.265 e. The first-order valence-electron chi connectivity index (χ1n) is 7.84. The fourth-order valence-electron chi connectivity index (χ4n) is 2.69. The van der Waals surface area contributed by atoms with Crippen molar-refractivity contribution in [3.05, 3.63) is 64.2 Å². The minimum absolute atomic E-state index is 0.145. The maximum atomic E-state index is 13.2. The Morgan fingerprint density at radius 3 is 2.62 bits per heavy atom. The zero-order valence-corrected chi connectivity index (χ0v) is 15.5. The smallest absolute Gasteiger partial charge is 0.265 e. The van der Waals surface area contributed by atoms with E-state index in [1.54, 1.807) is 28.8 Å². The summed E-state index contributed by atoms with van der Waals surface area (Å²) < 4.78 is 0. The van der Waals surface area contributed by atoms with Crippen molar-refractivity contribution >= 4 is 40.1 Å². The quantitative estimate of drug-likeness (QED) is 0.748. The van der Waals surface area contributed by atoms with Crippen LogP contribution in [0.3, 0.4) is 0 Å². The van der Waals surface area contributed by atoms with Crippen LogP contribution in [0.1, 0.15) is 28.4 Å². The first kappa shape index (κ1) is 17.1. The highest BCUT2D eigenvalue weighted by Gasteiger charge is 2.29. The van der Waals surface area contributed by atoms with Crippen LogP contribution in [0, 0.1) is 13.8 Å². The number of carbonyl (C=O) groups is 1. The van der Waals surface area contributed by atoms with Gasteiger partial charge in [0.25, 0.3) is 5.91 Å². The van der Waals surface area contributed by atoms with Crippen LogP contribution in [-0.2, 0) is 0 Å². The third-order valence-electron chi connectivity index (χ3n) is 3.88. The molecule has 0 aliphatic carbocycles. The van der Waals surface area contributed by atoms with Gasteiger partial charge in [-0.2, -0.15) is 0 Å². The van der Waals surface area contributed by atoms with Crippen LogP contribution in [0.5, 0.6) is 0 Å². The molecule has 1 amide bonds. The van der Waals surface area contributed by atoms with Gasteiger partial charge in [-0.25, -0.2) is 0 Å². The summed E-state index contributed by atoms with van der Waals surface area (Å²) >= 11 is 7.86. The number of nitrogens with zero attached hydrogens (tertiary/aromatic N) is 2. The standard InChI is InChI=1S/C19H19ClN2OS/c1-12-8-9-17(13(2)10-12)22(19-21-14(3)11-24-19)18(23)15-6-4-5-7-16(15)20/h4-10,14H,11H2,1-3H3/t14-/m0/s1. The topological polar surface area (TPSA) is 32.7 Å². The van der Waals surface area contributed by atoms with Crippen LogP contribution in [0.15, 0.2) is 47.5 Å². The first-order valence-corrected chi connectivity index (χ1v) is 9.20. The van der Waals surface area contributed by atoms with Gasteiger partial charge < -0.3 is 0 Å². The first-order chi connectivity index (χ1) is 11.5.